The number of nitrogens with one attached hydrogen (secondary N) is 1. The van der Waals surface area contributed by atoms with Crippen LogP contribution in [0.1, 0.15) is 24.9 Å². The molecular weight excluding hydrogens is 174 g/mol. The lowest BCUT2D eigenvalue weighted by molar-refractivity contribution is 0.683. The Morgan fingerprint density at radius 2 is 2.36 bits per heavy atom. The second kappa shape index (κ2) is 6.11. The molecule has 0 radical (unpaired) electrons. The van der Waals surface area contributed by atoms with Crippen LogP contribution in [0.2, 0.25) is 0 Å². The van der Waals surface area contributed by atoms with Gasteiger partial charge in [0, 0.05) is 25.7 Å². The van der Waals surface area contributed by atoms with Gasteiger partial charge < -0.3 is 5.32 Å². The third kappa shape index (κ3) is 4.01. The lowest BCUT2D eigenvalue weighted by Gasteiger charge is -2.01. The van der Waals surface area contributed by atoms with Crippen molar-refractivity contribution in [1.29, 1.82) is 0 Å². The van der Waals surface area contributed by atoms with Crippen molar-refractivity contribution in [3.05, 3.63) is 23.8 Å². The summed E-state index contributed by atoms with van der Waals surface area (Å²) in [6.45, 7) is 5.44. The lowest BCUT2D eigenvalue weighted by Crippen LogP contribution is -2.15. The summed E-state index contributed by atoms with van der Waals surface area (Å²) < 4.78 is 0. The second-order valence-corrected chi connectivity index (χ2v) is 2.95. The zero-order chi connectivity index (χ0) is 10.2. The van der Waals surface area contributed by atoms with Gasteiger partial charge in [-0.1, -0.05) is 0 Å². The van der Waals surface area contributed by atoms with Gasteiger partial charge in [-0.2, -0.15) is 0 Å². The van der Waals surface area contributed by atoms with Crippen molar-refractivity contribution in [2.45, 2.75) is 26.8 Å². The Bertz CT molecular complexity index is 336. The van der Waals surface area contributed by atoms with Crippen molar-refractivity contribution in [3.63, 3.8) is 0 Å². The summed E-state index contributed by atoms with van der Waals surface area (Å²) in [6.07, 6.45) is 2.67. The minimum Gasteiger partial charge on any atom is -0.310 e. The predicted molar refractivity (Wildman–Crippen MR) is 56.5 cm³/mol. The standard InChI is InChI=1S/C11H15N3/c1-3-4-5-7-12-9-11-6-8-13-10(2)14-11/h6,8,12H,5,7,9H2,1-2H3. The zero-order valence-electron chi connectivity index (χ0n) is 8.67. The first-order valence-corrected chi connectivity index (χ1v) is 4.72. The molecule has 0 aliphatic carbocycles. The number of hydrogen-bond donors (Lipinski definition) is 1. The van der Waals surface area contributed by atoms with Crippen molar-refractivity contribution >= 4 is 0 Å². The molecule has 1 aromatic rings. The second-order valence-electron chi connectivity index (χ2n) is 2.95. The molecule has 0 amide bonds. The van der Waals surface area contributed by atoms with E-state index >= 15 is 0 Å². The SMILES string of the molecule is CC#CCCNCc1ccnc(C)n1. The zero-order valence-corrected chi connectivity index (χ0v) is 8.67. The van der Waals surface area contributed by atoms with Gasteiger partial charge in [0.05, 0.1) is 5.69 Å². The van der Waals surface area contributed by atoms with E-state index in [1.165, 1.54) is 0 Å². The van der Waals surface area contributed by atoms with Gasteiger partial charge in [0.2, 0.25) is 0 Å². The fraction of sp³-hybridized carbons (Fsp3) is 0.455. The number of hydrogen-bond acceptors (Lipinski definition) is 3. The predicted octanol–water partition coefficient (Wildman–Crippen LogP) is 1.29. The normalized spacial score (nSPS) is 9.29. The van der Waals surface area contributed by atoms with Crippen molar-refractivity contribution in [1.82, 2.24) is 15.3 Å². The van der Waals surface area contributed by atoms with E-state index in [1.807, 2.05) is 19.9 Å². The highest BCUT2D eigenvalue weighted by Crippen LogP contribution is 1.93. The van der Waals surface area contributed by atoms with E-state index in [-0.39, 0.29) is 0 Å². The first-order valence-electron chi connectivity index (χ1n) is 4.72. The molecule has 3 nitrogen and oxygen atoms in total. The van der Waals surface area contributed by atoms with Crippen LogP contribution in [0.25, 0.3) is 0 Å². The monoisotopic (exact) mass is 189 g/mol. The van der Waals surface area contributed by atoms with E-state index in [4.69, 9.17) is 0 Å². The molecule has 0 aliphatic heterocycles. The minimum absolute atomic E-state index is 0.786. The Labute approximate surface area is 85.0 Å². The van der Waals surface area contributed by atoms with E-state index in [9.17, 15) is 0 Å². The van der Waals surface area contributed by atoms with Gasteiger partial charge in [-0.05, 0) is 19.9 Å². The smallest absolute Gasteiger partial charge is 0.125 e. The molecule has 0 bridgehead atoms. The van der Waals surface area contributed by atoms with Crippen molar-refractivity contribution in [2.75, 3.05) is 6.54 Å². The average Bonchev–Trinajstić information content (AvgIpc) is 2.18. The average molecular weight is 189 g/mol. The van der Waals surface area contributed by atoms with Crippen LogP contribution >= 0.6 is 0 Å². The molecule has 1 rings (SSSR count). The summed E-state index contributed by atoms with van der Waals surface area (Å²) in [5, 5.41) is 3.27. The van der Waals surface area contributed by atoms with Crippen LogP contribution in [0.15, 0.2) is 12.3 Å². The molecule has 0 saturated carbocycles. The highest BCUT2D eigenvalue weighted by Gasteiger charge is 1.93. The maximum absolute atomic E-state index is 4.28. The van der Waals surface area contributed by atoms with Gasteiger partial charge in [0.1, 0.15) is 5.82 Å². The molecule has 0 spiro atoms. The lowest BCUT2D eigenvalue weighted by atomic mass is 10.3. The molecule has 1 N–H and O–H groups in total. The highest BCUT2D eigenvalue weighted by molar-refractivity contribution is 5.01. The van der Waals surface area contributed by atoms with Crippen LogP contribution < -0.4 is 5.32 Å². The first kappa shape index (κ1) is 10.7. The Morgan fingerprint density at radius 3 is 3.07 bits per heavy atom. The number of nitrogens with zero attached hydrogens (tertiary/aromatic N) is 2. The molecule has 0 unspecified atom stereocenters. The minimum atomic E-state index is 0.786. The fourth-order valence-electron chi connectivity index (χ4n) is 1.10. The summed E-state index contributed by atoms with van der Waals surface area (Å²) in [4.78, 5) is 8.32. The number of aryl methyl sites for hydroxylation is 1. The molecule has 1 heterocycles. The molecule has 0 aromatic carbocycles. The maximum Gasteiger partial charge on any atom is 0.125 e. The highest BCUT2D eigenvalue weighted by atomic mass is 14.9. The molecule has 0 aliphatic rings. The maximum atomic E-state index is 4.28. The van der Waals surface area contributed by atoms with E-state index < -0.39 is 0 Å². The molecular formula is C11H15N3. The van der Waals surface area contributed by atoms with E-state index in [0.717, 1.165) is 31.0 Å². The molecule has 74 valence electrons. The van der Waals surface area contributed by atoms with Gasteiger partial charge in [0.25, 0.3) is 0 Å². The Kier molecular flexibility index (Phi) is 4.66. The summed E-state index contributed by atoms with van der Waals surface area (Å²) in [6, 6.07) is 1.92. The van der Waals surface area contributed by atoms with Gasteiger partial charge >= 0.3 is 0 Å². The van der Waals surface area contributed by atoms with Crippen LogP contribution in [0.3, 0.4) is 0 Å². The van der Waals surface area contributed by atoms with Gasteiger partial charge in [-0.25, -0.2) is 9.97 Å². The molecule has 1 aromatic heterocycles. The first-order chi connectivity index (χ1) is 6.83. The molecule has 0 atom stereocenters. The number of aromatic nitrogens is 2. The van der Waals surface area contributed by atoms with Crippen LogP contribution in [0.5, 0.6) is 0 Å². The van der Waals surface area contributed by atoms with Gasteiger partial charge in [-0.3, -0.25) is 0 Å². The molecule has 14 heavy (non-hydrogen) atoms. The number of rotatable bonds is 4. The van der Waals surface area contributed by atoms with E-state index in [2.05, 4.69) is 27.1 Å². The third-order valence-electron chi connectivity index (χ3n) is 1.74. The van der Waals surface area contributed by atoms with Crippen LogP contribution in [-0.4, -0.2) is 16.5 Å². The van der Waals surface area contributed by atoms with Crippen LogP contribution in [-0.2, 0) is 6.54 Å². The third-order valence-corrected chi connectivity index (χ3v) is 1.74. The Morgan fingerprint density at radius 1 is 1.50 bits per heavy atom. The molecule has 3 heteroatoms. The van der Waals surface area contributed by atoms with Crippen molar-refractivity contribution in [2.24, 2.45) is 0 Å². The van der Waals surface area contributed by atoms with E-state index in [1.54, 1.807) is 6.20 Å². The van der Waals surface area contributed by atoms with Crippen LogP contribution in [0, 0.1) is 18.8 Å². The molecule has 0 saturated heterocycles. The van der Waals surface area contributed by atoms with Crippen molar-refractivity contribution in [3.8, 4) is 11.8 Å². The largest absolute Gasteiger partial charge is 0.310 e. The summed E-state index contributed by atoms with van der Waals surface area (Å²) in [5.41, 5.74) is 1.03. The Hall–Kier alpha value is -1.40. The van der Waals surface area contributed by atoms with Crippen molar-refractivity contribution < 1.29 is 0 Å². The topological polar surface area (TPSA) is 37.8 Å². The quantitative estimate of drug-likeness (QED) is 0.573. The van der Waals surface area contributed by atoms with Gasteiger partial charge in [-0.15, -0.1) is 11.8 Å². The Balaban J connectivity index is 2.27. The fourth-order valence-corrected chi connectivity index (χ4v) is 1.10. The van der Waals surface area contributed by atoms with Gasteiger partial charge in [0.15, 0.2) is 0 Å². The molecule has 0 fully saturated rings. The van der Waals surface area contributed by atoms with E-state index in [0.29, 0.717) is 0 Å². The van der Waals surface area contributed by atoms with Crippen LogP contribution in [0.4, 0.5) is 0 Å². The summed E-state index contributed by atoms with van der Waals surface area (Å²) in [7, 11) is 0. The summed E-state index contributed by atoms with van der Waals surface area (Å²) >= 11 is 0. The summed E-state index contributed by atoms with van der Waals surface area (Å²) in [5.74, 6) is 6.68.